The van der Waals surface area contributed by atoms with E-state index in [9.17, 15) is 9.90 Å². The summed E-state index contributed by atoms with van der Waals surface area (Å²) in [6.45, 7) is 2.22. The Morgan fingerprint density at radius 2 is 2.02 bits per heavy atom. The van der Waals surface area contributed by atoms with Crippen LogP contribution in [-0.2, 0) is 16.6 Å². The number of halogens is 1. The average Bonchev–Trinajstić information content (AvgIpc) is 3.19. The quantitative estimate of drug-likeness (QED) is 0.249. The molecule has 1 spiro atoms. The van der Waals surface area contributed by atoms with E-state index in [4.69, 9.17) is 21.1 Å². The van der Waals surface area contributed by atoms with Crippen LogP contribution in [0, 0.1) is 17.8 Å². The first-order chi connectivity index (χ1) is 21.9. The zero-order valence-electron chi connectivity index (χ0n) is 25.9. The number of carbonyl (C=O) groups is 1. The lowest BCUT2D eigenvalue weighted by atomic mass is 9.65. The number of methoxy groups -OCH3 is 1. The predicted octanol–water partition coefficient (Wildman–Crippen LogP) is 7.69. The number of thioether (sulfide) groups is 1. The summed E-state index contributed by atoms with van der Waals surface area (Å²) in [5.74, 6) is 1.30. The van der Waals surface area contributed by atoms with Crippen molar-refractivity contribution in [3.8, 4) is 5.75 Å². The van der Waals surface area contributed by atoms with Gasteiger partial charge in [0, 0.05) is 48.3 Å². The Morgan fingerprint density at radius 1 is 1.16 bits per heavy atom. The van der Waals surface area contributed by atoms with Crippen molar-refractivity contribution in [1.82, 2.24) is 9.97 Å². The van der Waals surface area contributed by atoms with Crippen molar-refractivity contribution in [2.75, 3.05) is 31.7 Å². The summed E-state index contributed by atoms with van der Waals surface area (Å²) < 4.78 is 12.9. The topological polar surface area (TPSA) is 84.8 Å². The molecule has 3 aromatic rings. The number of fused-ring (bicyclic) bond motifs is 3. The van der Waals surface area contributed by atoms with Gasteiger partial charge in [0.1, 0.15) is 5.75 Å². The molecule has 45 heavy (non-hydrogen) atoms. The Labute approximate surface area is 275 Å². The first-order valence-electron chi connectivity index (χ1n) is 16.4. The highest BCUT2D eigenvalue weighted by atomic mass is 35.5. The maximum Gasteiger partial charge on any atom is 0.335 e. The standard InChI is InChI=1S/C36H42ClN3O4S/c1-43-33(24-5-2-7-28(18-24)45-35-38-15-4-16-39-35)29-11-8-26(29)20-40-21-36(14-3-6-23-17-27(37)10-12-30(23)36)22-44-32-13-9-25(34(41)42)19-31(32)40/h4,9-10,12-13,15-17,19,24,26,28-29,33H,2-3,5-8,11,14,18,20-22H2,1H3,(H,41,42)/t24-,26-,28-,29+,33+,36+/m0/s1. The number of aromatic carboxylic acids is 1. The van der Waals surface area contributed by atoms with Crippen LogP contribution in [0.4, 0.5) is 5.69 Å². The number of aryl methyl sites for hydroxylation is 1. The van der Waals surface area contributed by atoms with Gasteiger partial charge in [0.05, 0.1) is 24.0 Å². The number of aromatic nitrogens is 2. The van der Waals surface area contributed by atoms with Crippen LogP contribution in [0.25, 0.3) is 0 Å². The number of hydrogen-bond donors (Lipinski definition) is 1. The van der Waals surface area contributed by atoms with Crippen molar-refractivity contribution in [2.45, 2.75) is 79.7 Å². The lowest BCUT2D eigenvalue weighted by Gasteiger charge is -2.48. The molecule has 0 unspecified atom stereocenters. The minimum absolute atomic E-state index is 0.187. The number of benzene rings is 2. The van der Waals surface area contributed by atoms with Crippen molar-refractivity contribution < 1.29 is 19.4 Å². The molecular weight excluding hydrogens is 606 g/mol. The summed E-state index contributed by atoms with van der Waals surface area (Å²) in [4.78, 5) is 23.4. The van der Waals surface area contributed by atoms with Gasteiger partial charge in [-0.25, -0.2) is 14.8 Å². The van der Waals surface area contributed by atoms with Gasteiger partial charge in [-0.1, -0.05) is 35.9 Å². The van der Waals surface area contributed by atoms with Gasteiger partial charge < -0.3 is 19.5 Å². The molecule has 6 atom stereocenters. The molecule has 2 fully saturated rings. The van der Waals surface area contributed by atoms with E-state index < -0.39 is 5.97 Å². The summed E-state index contributed by atoms with van der Waals surface area (Å²) in [6, 6.07) is 13.5. The van der Waals surface area contributed by atoms with Crippen LogP contribution in [0.15, 0.2) is 60.0 Å². The van der Waals surface area contributed by atoms with Crippen molar-refractivity contribution >= 4 is 35.0 Å². The molecule has 1 aromatic heterocycles. The van der Waals surface area contributed by atoms with Crippen molar-refractivity contribution in [3.05, 3.63) is 76.6 Å². The van der Waals surface area contributed by atoms with E-state index in [1.807, 2.05) is 55.5 Å². The van der Waals surface area contributed by atoms with E-state index in [1.54, 1.807) is 6.07 Å². The Morgan fingerprint density at radius 3 is 2.80 bits per heavy atom. The minimum atomic E-state index is -0.916. The predicted molar refractivity (Wildman–Crippen MR) is 178 cm³/mol. The Hall–Kier alpha value is -2.81. The Balaban J connectivity index is 1.14. The highest BCUT2D eigenvalue weighted by Crippen LogP contribution is 2.49. The fraction of sp³-hybridized carbons (Fsp3) is 0.528. The highest BCUT2D eigenvalue weighted by molar-refractivity contribution is 7.99. The van der Waals surface area contributed by atoms with Gasteiger partial charge in [0.25, 0.3) is 0 Å². The summed E-state index contributed by atoms with van der Waals surface area (Å²) in [5, 5.41) is 12.0. The SMILES string of the molecule is CO[C@H]([C@H]1CCC[C@H](Sc2ncccn2)C1)[C@@H]1CC[C@H]1CN1C[C@]2(CCCc3cc(Cl)ccc32)COc2ccc(C(=O)O)cc21. The van der Waals surface area contributed by atoms with Crippen LogP contribution in [0.1, 0.15) is 72.9 Å². The summed E-state index contributed by atoms with van der Waals surface area (Å²) >= 11 is 8.25. The minimum Gasteiger partial charge on any atom is -0.490 e. The maximum absolute atomic E-state index is 12.1. The van der Waals surface area contributed by atoms with Gasteiger partial charge in [-0.3, -0.25) is 0 Å². The maximum atomic E-state index is 12.1. The van der Waals surface area contributed by atoms with Crippen LogP contribution in [0.3, 0.4) is 0 Å². The van der Waals surface area contributed by atoms with E-state index in [-0.39, 0.29) is 11.5 Å². The molecule has 238 valence electrons. The molecule has 7 nitrogen and oxygen atoms in total. The molecule has 7 rings (SSSR count). The van der Waals surface area contributed by atoms with Crippen molar-refractivity contribution in [2.24, 2.45) is 17.8 Å². The third kappa shape index (κ3) is 6.30. The molecule has 2 saturated carbocycles. The monoisotopic (exact) mass is 647 g/mol. The molecule has 4 aliphatic rings. The molecule has 9 heteroatoms. The van der Waals surface area contributed by atoms with Crippen molar-refractivity contribution in [3.63, 3.8) is 0 Å². The number of ether oxygens (including phenoxy) is 2. The first-order valence-corrected chi connectivity index (χ1v) is 17.7. The van der Waals surface area contributed by atoms with Gasteiger partial charge in [-0.15, -0.1) is 0 Å². The molecule has 0 radical (unpaired) electrons. The third-order valence-corrected chi connectivity index (χ3v) is 12.3. The molecule has 3 aliphatic carbocycles. The number of anilines is 1. The van der Waals surface area contributed by atoms with Crippen LogP contribution in [-0.4, -0.2) is 59.2 Å². The summed E-state index contributed by atoms with van der Waals surface area (Å²) in [5.41, 5.74) is 3.63. The molecule has 0 amide bonds. The van der Waals surface area contributed by atoms with Gasteiger partial charge in [-0.2, -0.15) is 0 Å². The van der Waals surface area contributed by atoms with E-state index in [1.165, 1.54) is 30.4 Å². The number of carboxylic acids is 1. The van der Waals surface area contributed by atoms with Gasteiger partial charge >= 0.3 is 5.97 Å². The molecule has 2 heterocycles. The average molecular weight is 648 g/mol. The third-order valence-electron chi connectivity index (χ3n) is 10.9. The zero-order valence-corrected chi connectivity index (χ0v) is 27.4. The second kappa shape index (κ2) is 13.1. The lowest BCUT2D eigenvalue weighted by Crippen LogP contribution is -2.51. The molecule has 1 N–H and O–H groups in total. The Kier molecular flexibility index (Phi) is 8.99. The van der Waals surface area contributed by atoms with Crippen LogP contribution in [0.2, 0.25) is 5.02 Å². The highest BCUT2D eigenvalue weighted by Gasteiger charge is 2.46. The number of carboxylic acid groups (broad SMARTS) is 1. The smallest absolute Gasteiger partial charge is 0.335 e. The number of hydrogen-bond acceptors (Lipinski definition) is 7. The normalized spacial score (nSPS) is 28.3. The van der Waals surface area contributed by atoms with Crippen LogP contribution < -0.4 is 9.64 Å². The molecule has 1 aliphatic heterocycles. The van der Waals surface area contributed by atoms with E-state index in [2.05, 4.69) is 27.0 Å². The summed E-state index contributed by atoms with van der Waals surface area (Å²) in [7, 11) is 1.89. The first kappa shape index (κ1) is 30.8. The fourth-order valence-electron chi connectivity index (χ4n) is 8.58. The van der Waals surface area contributed by atoms with Gasteiger partial charge in [0.15, 0.2) is 5.16 Å². The second-order valence-corrected chi connectivity index (χ2v) is 15.2. The van der Waals surface area contributed by atoms with Crippen LogP contribution in [0.5, 0.6) is 5.75 Å². The Bertz CT molecular complexity index is 1530. The molecule has 0 saturated heterocycles. The second-order valence-electron chi connectivity index (χ2n) is 13.5. The zero-order chi connectivity index (χ0) is 31.0. The largest absolute Gasteiger partial charge is 0.490 e. The summed E-state index contributed by atoms with van der Waals surface area (Å²) in [6.07, 6.45) is 14.0. The van der Waals surface area contributed by atoms with Gasteiger partial charge in [0.2, 0.25) is 0 Å². The lowest BCUT2D eigenvalue weighted by molar-refractivity contribution is -0.0587. The number of nitrogens with zero attached hydrogens (tertiary/aromatic N) is 3. The number of rotatable bonds is 8. The van der Waals surface area contributed by atoms with E-state index in [0.29, 0.717) is 35.2 Å². The van der Waals surface area contributed by atoms with Gasteiger partial charge in [-0.05, 0) is 117 Å². The van der Waals surface area contributed by atoms with E-state index >= 15 is 0 Å². The fourth-order valence-corrected chi connectivity index (χ4v) is 9.95. The van der Waals surface area contributed by atoms with Crippen LogP contribution >= 0.6 is 23.4 Å². The molecule has 2 aromatic carbocycles. The van der Waals surface area contributed by atoms with E-state index in [0.717, 1.165) is 73.2 Å². The molecular formula is C36H42ClN3O4S. The van der Waals surface area contributed by atoms with Crippen molar-refractivity contribution in [1.29, 1.82) is 0 Å². The molecule has 0 bridgehead atoms.